The van der Waals surface area contributed by atoms with Gasteiger partial charge in [-0.2, -0.15) is 0 Å². The first kappa shape index (κ1) is 4.90. The van der Waals surface area contributed by atoms with Crippen molar-refractivity contribution in [2.75, 3.05) is 5.75 Å². The summed E-state index contributed by atoms with van der Waals surface area (Å²) in [5.41, 5.74) is 0. The zero-order valence-electron chi connectivity index (χ0n) is 2.88. The number of hydrogen-bond donors (Lipinski definition) is 0. The van der Waals surface area contributed by atoms with Crippen molar-refractivity contribution in [3.8, 4) is 0 Å². The third-order valence-electron chi connectivity index (χ3n) is 0.374. The molecule has 1 rings (SSSR count). The minimum Gasteiger partial charge on any atom is -0.101 e. The summed E-state index contributed by atoms with van der Waals surface area (Å²) in [7, 11) is 0. The van der Waals surface area contributed by atoms with Crippen LogP contribution in [-0.2, 0) is 0 Å². The first-order valence-electron chi connectivity index (χ1n) is 1.42. The van der Waals surface area contributed by atoms with Gasteiger partial charge in [0.05, 0.1) is 9.95 Å². The van der Waals surface area contributed by atoms with Crippen LogP contribution < -0.4 is 4.13 Å². The lowest BCUT2D eigenvalue weighted by molar-refractivity contribution is 1.76. The molecule has 0 aliphatic carbocycles. The first-order chi connectivity index (χ1) is 2.89. The molecular formula is C2H2NS3. The van der Waals surface area contributed by atoms with Crippen molar-refractivity contribution >= 4 is 40.3 Å². The zero-order chi connectivity index (χ0) is 4.41. The second-order valence-electron chi connectivity index (χ2n) is 0.811. The molecule has 1 radical (unpaired) electrons. The van der Waals surface area contributed by atoms with Crippen LogP contribution in [0.5, 0.6) is 0 Å². The molecule has 4 heteroatoms. The van der Waals surface area contributed by atoms with Crippen molar-refractivity contribution in [2.45, 2.75) is 0 Å². The van der Waals surface area contributed by atoms with E-state index in [9.17, 15) is 0 Å². The fourth-order valence-electron chi connectivity index (χ4n) is 0.173. The molecule has 33 valence electrons. The third-order valence-corrected chi connectivity index (χ3v) is 2.59. The largest absolute Gasteiger partial charge is 0.101 e. The number of thiocarbonyl (C=S) groups is 1. The molecule has 0 saturated carbocycles. The second-order valence-corrected chi connectivity index (χ2v) is 3.38. The Bertz CT molecular complexity index is 63.2. The highest BCUT2D eigenvalue weighted by Crippen LogP contribution is 2.19. The standard InChI is InChI=1S/C2H2NS3/c4-2-1-5-3-6-2/h1H2. The van der Waals surface area contributed by atoms with E-state index in [2.05, 4.69) is 4.13 Å². The normalized spacial score (nSPS) is 22.3. The highest BCUT2D eigenvalue weighted by atomic mass is 32.2. The number of nitrogens with zero attached hydrogens (tertiary/aromatic N) is 1. The molecule has 1 aliphatic heterocycles. The molecule has 0 aromatic carbocycles. The van der Waals surface area contributed by atoms with E-state index in [0.717, 1.165) is 9.95 Å². The SMILES string of the molecule is S=C1CS[N]S1. The Hall–Kier alpha value is 0.750. The maximum atomic E-state index is 4.77. The Balaban J connectivity index is 2.37. The molecule has 0 atom stereocenters. The van der Waals surface area contributed by atoms with Crippen molar-refractivity contribution in [2.24, 2.45) is 0 Å². The Morgan fingerprint density at radius 2 is 2.67 bits per heavy atom. The van der Waals surface area contributed by atoms with Crippen LogP contribution >= 0.6 is 36.1 Å². The molecule has 1 nitrogen and oxygen atoms in total. The van der Waals surface area contributed by atoms with Gasteiger partial charge < -0.3 is 0 Å². The van der Waals surface area contributed by atoms with Crippen LogP contribution in [0.2, 0.25) is 0 Å². The van der Waals surface area contributed by atoms with Crippen molar-refractivity contribution in [1.82, 2.24) is 4.13 Å². The van der Waals surface area contributed by atoms with Gasteiger partial charge in [-0.15, -0.1) is 4.13 Å². The van der Waals surface area contributed by atoms with Gasteiger partial charge >= 0.3 is 0 Å². The fraction of sp³-hybridized carbons (Fsp3) is 0.500. The van der Waals surface area contributed by atoms with Gasteiger partial charge in [0.25, 0.3) is 0 Å². The van der Waals surface area contributed by atoms with Crippen molar-refractivity contribution in [1.29, 1.82) is 0 Å². The quantitative estimate of drug-likeness (QED) is 0.367. The molecule has 6 heavy (non-hydrogen) atoms. The van der Waals surface area contributed by atoms with E-state index in [0.29, 0.717) is 0 Å². The van der Waals surface area contributed by atoms with E-state index in [1.165, 1.54) is 23.9 Å². The lowest BCUT2D eigenvalue weighted by atomic mass is 11.0. The van der Waals surface area contributed by atoms with Gasteiger partial charge in [0.15, 0.2) is 0 Å². The van der Waals surface area contributed by atoms with Crippen LogP contribution in [0.4, 0.5) is 0 Å². The van der Waals surface area contributed by atoms with Gasteiger partial charge in [0, 0.05) is 0 Å². The van der Waals surface area contributed by atoms with E-state index >= 15 is 0 Å². The summed E-state index contributed by atoms with van der Waals surface area (Å²) in [6.45, 7) is 0. The second kappa shape index (κ2) is 2.16. The third kappa shape index (κ3) is 1.11. The van der Waals surface area contributed by atoms with Crippen molar-refractivity contribution in [3.05, 3.63) is 0 Å². The maximum Gasteiger partial charge on any atom is 0.0770 e. The van der Waals surface area contributed by atoms with E-state index in [4.69, 9.17) is 12.2 Å². The lowest BCUT2D eigenvalue weighted by Gasteiger charge is -1.71. The summed E-state index contributed by atoms with van der Waals surface area (Å²) in [5, 5.41) is 0. The molecule has 0 spiro atoms. The molecule has 0 bridgehead atoms. The minimum absolute atomic E-state index is 0.931. The smallest absolute Gasteiger partial charge is 0.0770 e. The summed E-state index contributed by atoms with van der Waals surface area (Å²) < 4.78 is 4.86. The molecule has 1 saturated heterocycles. The Kier molecular flexibility index (Phi) is 1.76. The van der Waals surface area contributed by atoms with Crippen LogP contribution in [0.15, 0.2) is 0 Å². The van der Waals surface area contributed by atoms with E-state index in [1.807, 2.05) is 0 Å². The van der Waals surface area contributed by atoms with Gasteiger partial charge in [-0.1, -0.05) is 12.2 Å². The molecule has 0 unspecified atom stereocenters. The van der Waals surface area contributed by atoms with Crippen LogP contribution in [0.1, 0.15) is 0 Å². The number of hydrogen-bond acceptors (Lipinski definition) is 3. The molecule has 1 fully saturated rings. The zero-order valence-corrected chi connectivity index (χ0v) is 5.33. The van der Waals surface area contributed by atoms with Crippen LogP contribution in [0.3, 0.4) is 0 Å². The average molecular weight is 136 g/mol. The van der Waals surface area contributed by atoms with Gasteiger partial charge in [-0.05, 0) is 23.9 Å². The van der Waals surface area contributed by atoms with Gasteiger partial charge in [-0.3, -0.25) is 0 Å². The Labute approximate surface area is 50.5 Å². The van der Waals surface area contributed by atoms with Crippen molar-refractivity contribution in [3.63, 3.8) is 0 Å². The molecular weight excluding hydrogens is 134 g/mol. The van der Waals surface area contributed by atoms with Gasteiger partial charge in [0.2, 0.25) is 0 Å². The molecule has 0 aromatic rings. The minimum atomic E-state index is 0.931. The average Bonchev–Trinajstić information content (AvgIpc) is 1.86. The summed E-state index contributed by atoms with van der Waals surface area (Å²) >= 11 is 7.71. The lowest BCUT2D eigenvalue weighted by Crippen LogP contribution is -1.77. The summed E-state index contributed by atoms with van der Waals surface area (Å²) in [5.74, 6) is 0.931. The predicted molar refractivity (Wildman–Crippen MR) is 34.8 cm³/mol. The Morgan fingerprint density at radius 1 is 1.83 bits per heavy atom. The van der Waals surface area contributed by atoms with E-state index in [-0.39, 0.29) is 0 Å². The van der Waals surface area contributed by atoms with Crippen LogP contribution in [0.25, 0.3) is 0 Å². The van der Waals surface area contributed by atoms with Crippen LogP contribution in [-0.4, -0.2) is 9.95 Å². The van der Waals surface area contributed by atoms with Crippen LogP contribution in [0, 0.1) is 0 Å². The number of rotatable bonds is 0. The maximum absolute atomic E-state index is 4.77. The topological polar surface area (TPSA) is 14.1 Å². The molecule has 1 aliphatic rings. The molecule has 1 heterocycles. The van der Waals surface area contributed by atoms with Crippen molar-refractivity contribution < 1.29 is 0 Å². The summed E-state index contributed by atoms with van der Waals surface area (Å²) in [6, 6.07) is 0. The first-order valence-corrected chi connectivity index (χ1v) is 3.54. The van der Waals surface area contributed by atoms with E-state index in [1.54, 1.807) is 0 Å². The van der Waals surface area contributed by atoms with E-state index < -0.39 is 0 Å². The predicted octanol–water partition coefficient (Wildman–Crippen LogP) is 1.23. The van der Waals surface area contributed by atoms with Gasteiger partial charge in [-0.25, -0.2) is 0 Å². The molecule has 0 aromatic heterocycles. The molecule has 0 amide bonds. The Morgan fingerprint density at radius 3 is 2.83 bits per heavy atom. The van der Waals surface area contributed by atoms with Gasteiger partial charge in [0.1, 0.15) is 0 Å². The fourth-order valence-corrected chi connectivity index (χ4v) is 1.83. The summed E-state index contributed by atoms with van der Waals surface area (Å²) in [6.07, 6.45) is 0. The highest BCUT2D eigenvalue weighted by molar-refractivity contribution is 8.32. The molecule has 0 N–H and O–H groups in total. The summed E-state index contributed by atoms with van der Waals surface area (Å²) in [4.78, 5) is 0. The monoisotopic (exact) mass is 136 g/mol. The highest BCUT2D eigenvalue weighted by Gasteiger charge is 2.06.